The van der Waals surface area contributed by atoms with Gasteiger partial charge >= 0.3 is 5.97 Å². The van der Waals surface area contributed by atoms with Crippen LogP contribution in [0.5, 0.6) is 5.75 Å². The topological polar surface area (TPSA) is 66.8 Å². The van der Waals surface area contributed by atoms with Crippen LogP contribution in [0.3, 0.4) is 0 Å². The minimum Gasteiger partial charge on any atom is -0.497 e. The van der Waals surface area contributed by atoms with Gasteiger partial charge in [0, 0.05) is 18.5 Å². The van der Waals surface area contributed by atoms with Crippen molar-refractivity contribution < 1.29 is 19.4 Å². The number of carbonyl (C=O) groups is 2. The van der Waals surface area contributed by atoms with Crippen LogP contribution >= 0.6 is 0 Å². The molecule has 1 aromatic rings. The molecule has 114 valence electrons. The standard InChI is InChI=1S/C16H21NO4/c1-21-13-7-5-12(6-8-13)15(18)9-11-17-10-3-2-4-14(17)16(19)20/h5-8,14H,2-4,9-11H2,1H3,(H,19,20). The lowest BCUT2D eigenvalue weighted by atomic mass is 10.0. The number of hydrogen-bond donors (Lipinski definition) is 1. The van der Waals surface area contributed by atoms with Gasteiger partial charge in [-0.25, -0.2) is 0 Å². The first-order chi connectivity index (χ1) is 10.1. The molecule has 1 aliphatic heterocycles. The second kappa shape index (κ2) is 7.22. The number of carbonyl (C=O) groups excluding carboxylic acids is 1. The number of carboxylic acids is 1. The summed E-state index contributed by atoms with van der Waals surface area (Å²) in [6.45, 7) is 1.26. The molecule has 0 spiro atoms. The Labute approximate surface area is 124 Å². The van der Waals surface area contributed by atoms with Gasteiger partial charge in [0.25, 0.3) is 0 Å². The largest absolute Gasteiger partial charge is 0.497 e. The highest BCUT2D eigenvalue weighted by molar-refractivity contribution is 5.96. The van der Waals surface area contributed by atoms with E-state index in [9.17, 15) is 14.7 Å². The maximum atomic E-state index is 12.1. The second-order valence-corrected chi connectivity index (χ2v) is 5.29. The van der Waals surface area contributed by atoms with Crippen LogP contribution in [0, 0.1) is 0 Å². The molecule has 0 saturated carbocycles. The fraction of sp³-hybridized carbons (Fsp3) is 0.500. The Morgan fingerprint density at radius 3 is 2.62 bits per heavy atom. The molecule has 0 bridgehead atoms. The predicted octanol–water partition coefficient (Wildman–Crippen LogP) is 2.21. The van der Waals surface area contributed by atoms with Crippen molar-refractivity contribution in [2.45, 2.75) is 31.7 Å². The number of carboxylic acid groups (broad SMARTS) is 1. The molecule has 1 unspecified atom stereocenters. The zero-order chi connectivity index (χ0) is 15.2. The van der Waals surface area contributed by atoms with E-state index in [0.29, 0.717) is 30.7 Å². The normalized spacial score (nSPS) is 19.2. The molecule has 2 rings (SSSR count). The molecular formula is C16H21NO4. The lowest BCUT2D eigenvalue weighted by Crippen LogP contribution is -2.45. The Kier molecular flexibility index (Phi) is 5.33. The number of methoxy groups -OCH3 is 1. The zero-order valence-electron chi connectivity index (χ0n) is 12.2. The minimum atomic E-state index is -0.786. The highest BCUT2D eigenvalue weighted by Crippen LogP contribution is 2.18. The van der Waals surface area contributed by atoms with E-state index in [1.807, 2.05) is 4.90 Å². The molecule has 0 radical (unpaired) electrons. The van der Waals surface area contributed by atoms with E-state index in [0.717, 1.165) is 19.4 Å². The number of Topliss-reactive ketones (excluding diaryl/α,β-unsaturated/α-hetero) is 1. The fourth-order valence-corrected chi connectivity index (χ4v) is 2.70. The van der Waals surface area contributed by atoms with Crippen molar-refractivity contribution in [2.75, 3.05) is 20.2 Å². The molecule has 0 aromatic heterocycles. The summed E-state index contributed by atoms with van der Waals surface area (Å²) in [5.41, 5.74) is 0.639. The van der Waals surface area contributed by atoms with Crippen molar-refractivity contribution in [3.63, 3.8) is 0 Å². The van der Waals surface area contributed by atoms with Crippen molar-refractivity contribution in [3.8, 4) is 5.75 Å². The predicted molar refractivity (Wildman–Crippen MR) is 78.8 cm³/mol. The van der Waals surface area contributed by atoms with Gasteiger partial charge in [-0.05, 0) is 43.7 Å². The number of ether oxygens (including phenoxy) is 1. The van der Waals surface area contributed by atoms with Crippen LogP contribution in [0.25, 0.3) is 0 Å². The van der Waals surface area contributed by atoms with Crippen LogP contribution in [0.15, 0.2) is 24.3 Å². The van der Waals surface area contributed by atoms with E-state index in [2.05, 4.69) is 0 Å². The van der Waals surface area contributed by atoms with Crippen molar-refractivity contribution in [1.82, 2.24) is 4.90 Å². The lowest BCUT2D eigenvalue weighted by Gasteiger charge is -2.32. The highest BCUT2D eigenvalue weighted by atomic mass is 16.5. The molecule has 5 nitrogen and oxygen atoms in total. The summed E-state index contributed by atoms with van der Waals surface area (Å²) in [5.74, 6) is -0.0347. The van der Waals surface area contributed by atoms with Gasteiger partial charge in [-0.1, -0.05) is 6.42 Å². The average molecular weight is 291 g/mol. The Hall–Kier alpha value is -1.88. The molecule has 1 fully saturated rings. The molecule has 1 aromatic carbocycles. The Morgan fingerprint density at radius 2 is 2.00 bits per heavy atom. The maximum Gasteiger partial charge on any atom is 0.320 e. The number of nitrogens with zero attached hydrogens (tertiary/aromatic N) is 1. The van der Waals surface area contributed by atoms with Crippen molar-refractivity contribution >= 4 is 11.8 Å². The third kappa shape index (κ3) is 4.04. The molecule has 1 atom stereocenters. The summed E-state index contributed by atoms with van der Waals surface area (Å²) in [6.07, 6.45) is 2.96. The number of hydrogen-bond acceptors (Lipinski definition) is 4. The fourth-order valence-electron chi connectivity index (χ4n) is 2.70. The second-order valence-electron chi connectivity index (χ2n) is 5.29. The van der Waals surface area contributed by atoms with E-state index < -0.39 is 12.0 Å². The monoisotopic (exact) mass is 291 g/mol. The number of aliphatic carboxylic acids is 1. The van der Waals surface area contributed by atoms with E-state index in [1.165, 1.54) is 0 Å². The summed E-state index contributed by atoms with van der Waals surface area (Å²) < 4.78 is 5.06. The number of benzene rings is 1. The summed E-state index contributed by atoms with van der Waals surface area (Å²) in [4.78, 5) is 25.3. The Bertz CT molecular complexity index is 498. The van der Waals surface area contributed by atoms with Crippen LogP contribution in [-0.4, -0.2) is 48.0 Å². The number of piperidine rings is 1. The number of likely N-dealkylation sites (tertiary alicyclic amines) is 1. The van der Waals surface area contributed by atoms with Gasteiger partial charge in [-0.15, -0.1) is 0 Å². The Morgan fingerprint density at radius 1 is 1.29 bits per heavy atom. The first-order valence-electron chi connectivity index (χ1n) is 7.26. The zero-order valence-corrected chi connectivity index (χ0v) is 12.2. The summed E-state index contributed by atoms with van der Waals surface area (Å²) in [6, 6.07) is 6.56. The van der Waals surface area contributed by atoms with E-state index >= 15 is 0 Å². The van der Waals surface area contributed by atoms with Gasteiger partial charge in [-0.3, -0.25) is 14.5 Å². The molecule has 5 heteroatoms. The van der Waals surface area contributed by atoms with E-state index in [1.54, 1.807) is 31.4 Å². The summed E-state index contributed by atoms with van der Waals surface area (Å²) in [7, 11) is 1.58. The van der Waals surface area contributed by atoms with Gasteiger partial charge in [0.05, 0.1) is 7.11 Å². The maximum absolute atomic E-state index is 12.1. The smallest absolute Gasteiger partial charge is 0.320 e. The molecule has 1 aliphatic rings. The highest BCUT2D eigenvalue weighted by Gasteiger charge is 2.28. The molecular weight excluding hydrogens is 270 g/mol. The first-order valence-corrected chi connectivity index (χ1v) is 7.26. The molecule has 1 saturated heterocycles. The lowest BCUT2D eigenvalue weighted by molar-refractivity contribution is -0.144. The van der Waals surface area contributed by atoms with Gasteiger partial charge in [0.1, 0.15) is 11.8 Å². The molecule has 21 heavy (non-hydrogen) atoms. The SMILES string of the molecule is COc1ccc(C(=O)CCN2CCCCC2C(=O)O)cc1. The summed E-state index contributed by atoms with van der Waals surface area (Å²) >= 11 is 0. The van der Waals surface area contributed by atoms with Gasteiger partial charge < -0.3 is 9.84 Å². The van der Waals surface area contributed by atoms with Crippen molar-refractivity contribution in [3.05, 3.63) is 29.8 Å². The van der Waals surface area contributed by atoms with Crippen LogP contribution < -0.4 is 4.74 Å². The van der Waals surface area contributed by atoms with Gasteiger partial charge in [-0.2, -0.15) is 0 Å². The average Bonchev–Trinajstić information content (AvgIpc) is 2.52. The number of ketones is 1. The van der Waals surface area contributed by atoms with Crippen LogP contribution in [0.1, 0.15) is 36.0 Å². The minimum absolute atomic E-state index is 0.0346. The summed E-state index contributed by atoms with van der Waals surface area (Å²) in [5, 5.41) is 9.21. The van der Waals surface area contributed by atoms with E-state index in [-0.39, 0.29) is 5.78 Å². The number of rotatable bonds is 6. The molecule has 0 amide bonds. The van der Waals surface area contributed by atoms with Crippen molar-refractivity contribution in [1.29, 1.82) is 0 Å². The molecule has 1 N–H and O–H groups in total. The van der Waals surface area contributed by atoms with Crippen LogP contribution in [-0.2, 0) is 4.79 Å². The van der Waals surface area contributed by atoms with Crippen LogP contribution in [0.4, 0.5) is 0 Å². The van der Waals surface area contributed by atoms with E-state index in [4.69, 9.17) is 4.74 Å². The molecule has 0 aliphatic carbocycles. The van der Waals surface area contributed by atoms with Crippen LogP contribution in [0.2, 0.25) is 0 Å². The quantitative estimate of drug-likeness (QED) is 0.814. The molecule has 1 heterocycles. The first kappa shape index (κ1) is 15.5. The van der Waals surface area contributed by atoms with Crippen molar-refractivity contribution in [2.24, 2.45) is 0 Å². The third-order valence-electron chi connectivity index (χ3n) is 3.94. The third-order valence-corrected chi connectivity index (χ3v) is 3.94. The Balaban J connectivity index is 1.91. The van der Waals surface area contributed by atoms with Gasteiger partial charge in [0.15, 0.2) is 5.78 Å². The van der Waals surface area contributed by atoms with Gasteiger partial charge in [0.2, 0.25) is 0 Å².